The van der Waals surface area contributed by atoms with Crippen molar-refractivity contribution in [3.8, 4) is 22.0 Å². The topological polar surface area (TPSA) is 95.5 Å². The number of thiophene rings is 1. The number of hydrogen-bond acceptors (Lipinski definition) is 6. The minimum absolute atomic E-state index is 0.289. The molecule has 31 heavy (non-hydrogen) atoms. The van der Waals surface area contributed by atoms with Crippen LogP contribution >= 0.6 is 11.3 Å². The fourth-order valence-electron chi connectivity index (χ4n) is 3.72. The lowest BCUT2D eigenvalue weighted by molar-refractivity contribution is 0.942. The van der Waals surface area contributed by atoms with Gasteiger partial charge < -0.3 is 4.98 Å². The monoisotopic (exact) mass is 423 g/mol. The van der Waals surface area contributed by atoms with E-state index in [1.807, 2.05) is 36.8 Å². The summed E-state index contributed by atoms with van der Waals surface area (Å²) in [7, 11) is 0. The Labute approximate surface area is 181 Å². The number of nitrogens with one attached hydrogen (secondary N) is 2. The van der Waals surface area contributed by atoms with E-state index in [0.29, 0.717) is 11.5 Å². The largest absolute Gasteiger partial charge is 0.335 e. The third-order valence-electron chi connectivity index (χ3n) is 5.24. The summed E-state index contributed by atoms with van der Waals surface area (Å²) < 4.78 is 0. The van der Waals surface area contributed by atoms with E-state index in [-0.39, 0.29) is 5.92 Å². The summed E-state index contributed by atoms with van der Waals surface area (Å²) in [4.78, 5) is 23.0. The van der Waals surface area contributed by atoms with E-state index in [1.54, 1.807) is 17.5 Å². The highest BCUT2D eigenvalue weighted by Gasteiger charge is 2.17. The molecular formula is C23H17N7S. The van der Waals surface area contributed by atoms with Crippen LogP contribution in [0.25, 0.3) is 49.6 Å². The molecule has 2 N–H and O–H groups in total. The molecule has 0 unspecified atom stereocenters. The van der Waals surface area contributed by atoms with Crippen LogP contribution < -0.4 is 0 Å². The average molecular weight is 424 g/mol. The Balaban J connectivity index is 1.49. The van der Waals surface area contributed by atoms with Crippen molar-refractivity contribution in [2.24, 2.45) is 10.9 Å². The Morgan fingerprint density at radius 3 is 2.90 bits per heavy atom. The number of fused-ring (bicyclic) bond motifs is 2. The first kappa shape index (κ1) is 17.9. The van der Waals surface area contributed by atoms with Gasteiger partial charge in [-0.3, -0.25) is 15.1 Å². The van der Waals surface area contributed by atoms with Crippen molar-refractivity contribution in [3.05, 3.63) is 66.1 Å². The average Bonchev–Trinajstić information content (AvgIpc) is 3.51. The molecule has 0 radical (unpaired) electrons. The number of aromatic amines is 2. The molecule has 0 saturated heterocycles. The number of pyridine rings is 2. The van der Waals surface area contributed by atoms with Crippen LogP contribution in [-0.4, -0.2) is 36.3 Å². The molecule has 0 fully saturated rings. The van der Waals surface area contributed by atoms with Gasteiger partial charge in [-0.15, -0.1) is 11.3 Å². The second-order valence-electron chi connectivity index (χ2n) is 7.41. The van der Waals surface area contributed by atoms with Crippen molar-refractivity contribution < 1.29 is 0 Å². The van der Waals surface area contributed by atoms with Crippen LogP contribution in [0.2, 0.25) is 0 Å². The number of aliphatic imine (C=N–C) groups is 1. The van der Waals surface area contributed by atoms with Gasteiger partial charge in [0, 0.05) is 34.6 Å². The lowest BCUT2D eigenvalue weighted by Crippen LogP contribution is -1.94. The van der Waals surface area contributed by atoms with E-state index < -0.39 is 0 Å². The minimum atomic E-state index is 0.289. The second-order valence-corrected chi connectivity index (χ2v) is 8.36. The highest BCUT2D eigenvalue weighted by atomic mass is 32.1. The van der Waals surface area contributed by atoms with Gasteiger partial charge in [-0.05, 0) is 29.5 Å². The highest BCUT2D eigenvalue weighted by Crippen LogP contribution is 2.32. The van der Waals surface area contributed by atoms with Crippen LogP contribution in [0.3, 0.4) is 0 Å². The van der Waals surface area contributed by atoms with Gasteiger partial charge in [0.2, 0.25) is 0 Å². The van der Waals surface area contributed by atoms with Crippen LogP contribution in [0, 0.1) is 5.92 Å². The van der Waals surface area contributed by atoms with Crippen LogP contribution in [0.15, 0.2) is 65.4 Å². The van der Waals surface area contributed by atoms with E-state index in [4.69, 9.17) is 9.97 Å². The Morgan fingerprint density at radius 1 is 1.03 bits per heavy atom. The molecule has 7 nitrogen and oxygen atoms in total. The van der Waals surface area contributed by atoms with Gasteiger partial charge in [0.1, 0.15) is 11.0 Å². The maximum Gasteiger partial charge on any atom is 0.161 e. The van der Waals surface area contributed by atoms with E-state index in [9.17, 15) is 0 Å². The lowest BCUT2D eigenvalue weighted by Gasteiger charge is -2.03. The molecule has 0 amide bonds. The minimum Gasteiger partial charge on any atom is -0.335 e. The van der Waals surface area contributed by atoms with Gasteiger partial charge in [0.15, 0.2) is 11.5 Å². The molecule has 1 atom stereocenters. The van der Waals surface area contributed by atoms with E-state index in [1.165, 1.54) is 0 Å². The first-order valence-electron chi connectivity index (χ1n) is 9.91. The molecule has 0 aliphatic carbocycles. The molecule has 1 aliphatic heterocycles. The molecule has 0 saturated carbocycles. The summed E-state index contributed by atoms with van der Waals surface area (Å²) in [5, 5.41) is 9.63. The number of H-pyrrole nitrogens is 2. The summed E-state index contributed by atoms with van der Waals surface area (Å²) >= 11 is 1.67. The molecule has 5 aromatic heterocycles. The molecule has 6 rings (SSSR count). The molecule has 1 aliphatic rings. The van der Waals surface area contributed by atoms with Crippen LogP contribution in [0.5, 0.6) is 0 Å². The van der Waals surface area contributed by atoms with Crippen molar-refractivity contribution in [3.63, 3.8) is 0 Å². The van der Waals surface area contributed by atoms with Crippen molar-refractivity contribution in [1.29, 1.82) is 0 Å². The Hall–Kier alpha value is -3.91. The summed E-state index contributed by atoms with van der Waals surface area (Å²) in [6, 6.07) is 8.08. The maximum atomic E-state index is 4.90. The van der Waals surface area contributed by atoms with Crippen LogP contribution in [0.4, 0.5) is 0 Å². The smallest absolute Gasteiger partial charge is 0.161 e. The van der Waals surface area contributed by atoms with Gasteiger partial charge >= 0.3 is 0 Å². The maximum absolute atomic E-state index is 4.90. The van der Waals surface area contributed by atoms with Crippen molar-refractivity contribution >= 4 is 45.2 Å². The predicted octanol–water partition coefficient (Wildman–Crippen LogP) is 5.24. The zero-order valence-corrected chi connectivity index (χ0v) is 17.4. The molecule has 150 valence electrons. The van der Waals surface area contributed by atoms with Crippen molar-refractivity contribution in [1.82, 2.24) is 30.1 Å². The third-order valence-corrected chi connectivity index (χ3v) is 6.14. The van der Waals surface area contributed by atoms with Crippen molar-refractivity contribution in [2.45, 2.75) is 6.92 Å². The molecule has 6 heterocycles. The summed E-state index contributed by atoms with van der Waals surface area (Å²) in [5.41, 5.74) is 6.89. The predicted molar refractivity (Wildman–Crippen MR) is 125 cm³/mol. The molecule has 0 aromatic carbocycles. The summed E-state index contributed by atoms with van der Waals surface area (Å²) in [6.45, 7) is 2.13. The molecular weight excluding hydrogens is 406 g/mol. The fraction of sp³-hybridized carbons (Fsp3) is 0.0870. The standard InChI is InChI=1S/C23H17N7S/c1-13-6-7-24-10-14(9-13)16-4-5-17-21(26-16)22(30-29-17)23-27-18-12-25-11-15(20(18)28-23)19-3-2-8-31-19/h2-13H,1H3,(H,27,28)(H,29,30)/t13-/m0/s1. The highest BCUT2D eigenvalue weighted by molar-refractivity contribution is 7.13. The van der Waals surface area contributed by atoms with E-state index in [0.717, 1.165) is 43.8 Å². The zero-order chi connectivity index (χ0) is 20.8. The first-order chi connectivity index (χ1) is 15.3. The van der Waals surface area contributed by atoms with Gasteiger partial charge in [0.05, 0.1) is 22.9 Å². The van der Waals surface area contributed by atoms with E-state index >= 15 is 0 Å². The number of rotatable bonds is 3. The van der Waals surface area contributed by atoms with Crippen LogP contribution in [0.1, 0.15) is 12.6 Å². The molecule has 0 bridgehead atoms. The summed E-state index contributed by atoms with van der Waals surface area (Å²) in [6.07, 6.45) is 11.5. The number of allylic oxidation sites excluding steroid dienone is 3. The normalized spacial score (nSPS) is 16.2. The van der Waals surface area contributed by atoms with Gasteiger partial charge in [0.25, 0.3) is 0 Å². The molecule has 0 spiro atoms. The Morgan fingerprint density at radius 2 is 2.00 bits per heavy atom. The Kier molecular flexibility index (Phi) is 4.10. The van der Waals surface area contributed by atoms with Gasteiger partial charge in [-0.1, -0.05) is 25.1 Å². The second kappa shape index (κ2) is 7.10. The summed E-state index contributed by atoms with van der Waals surface area (Å²) in [5.74, 6) is 0.951. The SMILES string of the molecule is C[C@H]1C=CN=CC(c2ccc3[nH]nc(-c4nc5c(-c6cccs6)cncc5[nH]4)c3n2)=C1. The third kappa shape index (κ3) is 3.08. The van der Waals surface area contributed by atoms with Gasteiger partial charge in [-0.25, -0.2) is 9.97 Å². The first-order valence-corrected chi connectivity index (χ1v) is 10.8. The van der Waals surface area contributed by atoms with Crippen molar-refractivity contribution in [2.75, 3.05) is 0 Å². The zero-order valence-electron chi connectivity index (χ0n) is 16.6. The number of hydrogen-bond donors (Lipinski definition) is 2. The number of aromatic nitrogens is 6. The fourth-order valence-corrected chi connectivity index (χ4v) is 4.46. The van der Waals surface area contributed by atoms with Crippen LogP contribution in [-0.2, 0) is 0 Å². The number of nitrogens with zero attached hydrogens (tertiary/aromatic N) is 5. The molecule has 8 heteroatoms. The molecule has 5 aromatic rings. The Bertz CT molecular complexity index is 1500. The quantitative estimate of drug-likeness (QED) is 0.415. The number of imidazole rings is 1. The van der Waals surface area contributed by atoms with E-state index in [2.05, 4.69) is 55.7 Å². The lowest BCUT2D eigenvalue weighted by atomic mass is 10.1. The van der Waals surface area contributed by atoms with Gasteiger partial charge in [-0.2, -0.15) is 5.10 Å².